The summed E-state index contributed by atoms with van der Waals surface area (Å²) in [5, 5.41) is 0. The van der Waals surface area contributed by atoms with Crippen LogP contribution in [-0.4, -0.2) is 44.6 Å². The van der Waals surface area contributed by atoms with Crippen molar-refractivity contribution >= 4 is 23.4 Å². The number of allylic oxidation sites excluding steroid dienone is 1. The van der Waals surface area contributed by atoms with Gasteiger partial charge in [-0.05, 0) is 69.2 Å². The lowest BCUT2D eigenvalue weighted by molar-refractivity contribution is -0.139. The second-order valence-corrected chi connectivity index (χ2v) is 9.50. The molecule has 0 fully saturated rings. The molecule has 0 aliphatic carbocycles. The van der Waals surface area contributed by atoms with E-state index in [2.05, 4.69) is 4.99 Å². The Morgan fingerprint density at radius 2 is 1.59 bits per heavy atom. The Labute approximate surface area is 230 Å². The predicted molar refractivity (Wildman–Crippen MR) is 149 cm³/mol. The third-order valence-electron chi connectivity index (χ3n) is 6.11. The van der Waals surface area contributed by atoms with E-state index in [0.717, 1.165) is 5.56 Å². The monoisotopic (exact) mass is 552 g/mol. The van der Waals surface area contributed by atoms with Gasteiger partial charge in [-0.1, -0.05) is 23.5 Å². The van der Waals surface area contributed by atoms with Crippen LogP contribution in [-0.2, 0) is 9.53 Å². The number of benzene rings is 2. The molecule has 1 atom stereocenters. The molecule has 0 unspecified atom stereocenters. The number of methoxy groups -OCH3 is 2. The molecule has 0 radical (unpaired) electrons. The van der Waals surface area contributed by atoms with Crippen molar-refractivity contribution in [3.8, 4) is 23.0 Å². The number of fused-ring (bicyclic) bond motifs is 1. The normalized spacial score (nSPS) is 14.9. The molecule has 1 aromatic heterocycles. The minimum Gasteiger partial charge on any atom is -0.493 e. The number of hydrogen-bond acceptors (Lipinski definition) is 9. The number of nitrogens with zero attached hydrogens (tertiary/aromatic N) is 2. The van der Waals surface area contributed by atoms with Gasteiger partial charge in [-0.2, -0.15) is 0 Å². The highest BCUT2D eigenvalue weighted by molar-refractivity contribution is 7.07. The van der Waals surface area contributed by atoms with Gasteiger partial charge in [-0.15, -0.1) is 0 Å². The first-order chi connectivity index (χ1) is 18.9. The van der Waals surface area contributed by atoms with Crippen LogP contribution in [0.25, 0.3) is 6.08 Å². The van der Waals surface area contributed by atoms with E-state index in [9.17, 15) is 9.59 Å². The first-order valence-electron chi connectivity index (χ1n) is 12.7. The molecule has 9 nitrogen and oxygen atoms in total. The lowest BCUT2D eigenvalue weighted by Gasteiger charge is -2.25. The summed E-state index contributed by atoms with van der Waals surface area (Å²) in [4.78, 5) is 32.2. The zero-order chi connectivity index (χ0) is 28.1. The van der Waals surface area contributed by atoms with Crippen molar-refractivity contribution in [3.05, 3.63) is 78.5 Å². The van der Waals surface area contributed by atoms with Gasteiger partial charge in [-0.3, -0.25) is 9.36 Å². The molecule has 0 amide bonds. The molecule has 2 heterocycles. The Bertz CT molecular complexity index is 1590. The van der Waals surface area contributed by atoms with Crippen molar-refractivity contribution in [3.63, 3.8) is 0 Å². The van der Waals surface area contributed by atoms with Crippen molar-refractivity contribution in [2.45, 2.75) is 33.7 Å². The largest absolute Gasteiger partial charge is 0.493 e. The molecular weight excluding hydrogens is 520 g/mol. The molecule has 0 spiro atoms. The molecule has 4 rings (SSSR count). The Morgan fingerprint density at radius 3 is 2.21 bits per heavy atom. The Kier molecular flexibility index (Phi) is 8.75. The van der Waals surface area contributed by atoms with E-state index in [0.29, 0.717) is 62.4 Å². The molecule has 0 saturated carbocycles. The van der Waals surface area contributed by atoms with Crippen LogP contribution in [0.5, 0.6) is 23.0 Å². The van der Waals surface area contributed by atoms with Gasteiger partial charge >= 0.3 is 5.97 Å². The van der Waals surface area contributed by atoms with Crippen molar-refractivity contribution < 1.29 is 28.5 Å². The Balaban J connectivity index is 1.93. The fourth-order valence-corrected chi connectivity index (χ4v) is 5.49. The number of carbonyl (C=O) groups excluding carboxylic acids is 1. The standard InChI is InChI=1S/C29H32N2O7S/c1-7-36-22-14-18(10-12-20(22)34-5)15-24-27(32)31-26(19-11-13-21(35-6)23(16-19)37-8-2)25(28(33)38-9-3)17(4)30-29(31)39-24/h10-16,26H,7-9H2,1-6H3/t26-/m1/s1. The van der Waals surface area contributed by atoms with Crippen LogP contribution in [0.2, 0.25) is 0 Å². The summed E-state index contributed by atoms with van der Waals surface area (Å²) < 4.78 is 29.7. The molecular formula is C29H32N2O7S. The molecule has 206 valence electrons. The summed E-state index contributed by atoms with van der Waals surface area (Å²) in [6.45, 7) is 8.35. The Morgan fingerprint density at radius 1 is 0.949 bits per heavy atom. The smallest absolute Gasteiger partial charge is 0.338 e. The lowest BCUT2D eigenvalue weighted by Crippen LogP contribution is -2.40. The highest BCUT2D eigenvalue weighted by atomic mass is 32.1. The maximum absolute atomic E-state index is 13.9. The van der Waals surface area contributed by atoms with Crippen molar-refractivity contribution in [1.29, 1.82) is 0 Å². The second-order valence-electron chi connectivity index (χ2n) is 8.49. The summed E-state index contributed by atoms with van der Waals surface area (Å²) in [5.74, 6) is 1.73. The van der Waals surface area contributed by atoms with Gasteiger partial charge in [-0.25, -0.2) is 9.79 Å². The first kappa shape index (κ1) is 28.0. The van der Waals surface area contributed by atoms with Crippen molar-refractivity contribution in [2.24, 2.45) is 4.99 Å². The van der Waals surface area contributed by atoms with Gasteiger partial charge in [0.15, 0.2) is 27.8 Å². The number of ether oxygens (including phenoxy) is 5. The van der Waals surface area contributed by atoms with E-state index in [1.807, 2.05) is 32.0 Å². The number of aromatic nitrogens is 1. The Hall–Kier alpha value is -4.05. The molecule has 10 heteroatoms. The van der Waals surface area contributed by atoms with Crippen molar-refractivity contribution in [1.82, 2.24) is 4.57 Å². The van der Waals surface area contributed by atoms with Crippen LogP contribution in [0.4, 0.5) is 0 Å². The molecule has 3 aromatic rings. The van der Waals surface area contributed by atoms with Gasteiger partial charge < -0.3 is 23.7 Å². The highest BCUT2D eigenvalue weighted by Crippen LogP contribution is 2.36. The maximum atomic E-state index is 13.9. The van der Waals surface area contributed by atoms with Gasteiger partial charge in [0.2, 0.25) is 0 Å². The third-order valence-corrected chi connectivity index (χ3v) is 7.09. The van der Waals surface area contributed by atoms with Crippen LogP contribution in [0.15, 0.2) is 57.5 Å². The predicted octanol–water partition coefficient (Wildman–Crippen LogP) is 3.61. The van der Waals surface area contributed by atoms with Gasteiger partial charge in [0, 0.05) is 0 Å². The molecule has 0 N–H and O–H groups in total. The summed E-state index contributed by atoms with van der Waals surface area (Å²) >= 11 is 1.25. The summed E-state index contributed by atoms with van der Waals surface area (Å²) in [7, 11) is 3.14. The fourth-order valence-electron chi connectivity index (χ4n) is 4.44. The second kappa shape index (κ2) is 12.2. The molecule has 0 saturated heterocycles. The first-order valence-corrected chi connectivity index (χ1v) is 13.5. The van der Waals surface area contributed by atoms with E-state index in [4.69, 9.17) is 23.7 Å². The molecule has 1 aliphatic heterocycles. The van der Waals surface area contributed by atoms with E-state index < -0.39 is 12.0 Å². The lowest BCUT2D eigenvalue weighted by atomic mass is 9.95. The summed E-state index contributed by atoms with van der Waals surface area (Å²) in [6, 6.07) is 10.1. The van der Waals surface area contributed by atoms with E-state index in [-0.39, 0.29) is 12.2 Å². The SMILES string of the molecule is CCOC(=O)C1=C(C)N=c2sc(=Cc3ccc(OC)c(OCC)c3)c(=O)n2[C@@H]1c1ccc(OC)c(OCC)c1. The summed E-state index contributed by atoms with van der Waals surface area (Å²) in [6.07, 6.45) is 1.78. The summed E-state index contributed by atoms with van der Waals surface area (Å²) in [5.41, 5.74) is 1.95. The van der Waals surface area contributed by atoms with Crippen LogP contribution in [0.3, 0.4) is 0 Å². The minimum absolute atomic E-state index is 0.194. The molecule has 1 aliphatic rings. The number of thiazole rings is 1. The van der Waals surface area contributed by atoms with Crippen LogP contribution in [0.1, 0.15) is 44.9 Å². The van der Waals surface area contributed by atoms with Gasteiger partial charge in [0.25, 0.3) is 5.56 Å². The number of rotatable bonds is 10. The molecule has 39 heavy (non-hydrogen) atoms. The topological polar surface area (TPSA) is 97.6 Å². The minimum atomic E-state index is -0.762. The average Bonchev–Trinajstić information content (AvgIpc) is 3.22. The maximum Gasteiger partial charge on any atom is 0.338 e. The zero-order valence-electron chi connectivity index (χ0n) is 22.9. The van der Waals surface area contributed by atoms with Gasteiger partial charge in [0.1, 0.15) is 0 Å². The van der Waals surface area contributed by atoms with Crippen LogP contribution >= 0.6 is 11.3 Å². The zero-order valence-corrected chi connectivity index (χ0v) is 23.7. The third kappa shape index (κ3) is 5.56. The van der Waals surface area contributed by atoms with Crippen LogP contribution in [0, 0.1) is 0 Å². The van der Waals surface area contributed by atoms with E-state index in [1.54, 1.807) is 56.9 Å². The number of esters is 1. The van der Waals surface area contributed by atoms with Crippen LogP contribution < -0.4 is 33.8 Å². The van der Waals surface area contributed by atoms with Crippen molar-refractivity contribution in [2.75, 3.05) is 34.0 Å². The van der Waals surface area contributed by atoms with Gasteiger partial charge in [0.05, 0.1) is 55.9 Å². The molecule has 2 aromatic carbocycles. The molecule has 0 bridgehead atoms. The van der Waals surface area contributed by atoms with E-state index >= 15 is 0 Å². The fraction of sp³-hybridized carbons (Fsp3) is 0.345. The number of hydrogen-bond donors (Lipinski definition) is 0. The average molecular weight is 553 g/mol. The number of carbonyl (C=O) groups is 1. The van der Waals surface area contributed by atoms with E-state index in [1.165, 1.54) is 11.3 Å². The highest BCUT2D eigenvalue weighted by Gasteiger charge is 2.34. The quantitative estimate of drug-likeness (QED) is 0.355.